The molecule has 1 atom stereocenters. The number of nitrogens with one attached hydrogen (secondary N) is 3. The molecule has 4 N–H and O–H groups in total. The summed E-state index contributed by atoms with van der Waals surface area (Å²) in [5, 5.41) is 16.2. The molecule has 0 fully saturated rings. The molecular formula is C17H31N3O7. The summed E-state index contributed by atoms with van der Waals surface area (Å²) in [4.78, 5) is 46.3. The van der Waals surface area contributed by atoms with Gasteiger partial charge in [-0.15, -0.1) is 0 Å². The lowest BCUT2D eigenvalue weighted by molar-refractivity contribution is -0.137. The molecule has 3 amide bonds. The zero-order chi connectivity index (χ0) is 21.3. The van der Waals surface area contributed by atoms with Gasteiger partial charge in [0.2, 0.25) is 5.91 Å². The molecular weight excluding hydrogens is 358 g/mol. The lowest BCUT2D eigenvalue weighted by Crippen LogP contribution is -2.49. The highest BCUT2D eigenvalue weighted by atomic mass is 16.6. The normalized spacial score (nSPS) is 12.5. The van der Waals surface area contributed by atoms with Crippen LogP contribution in [0.3, 0.4) is 0 Å². The van der Waals surface area contributed by atoms with Gasteiger partial charge in [0, 0.05) is 19.5 Å². The molecule has 10 nitrogen and oxygen atoms in total. The van der Waals surface area contributed by atoms with Gasteiger partial charge in [0.15, 0.2) is 0 Å². The number of rotatable bonds is 8. The number of carbonyl (C=O) groups is 4. The average molecular weight is 389 g/mol. The van der Waals surface area contributed by atoms with Gasteiger partial charge in [-0.3, -0.25) is 9.59 Å². The van der Waals surface area contributed by atoms with Crippen LogP contribution in [0.2, 0.25) is 0 Å². The number of amides is 3. The maximum Gasteiger partial charge on any atom is 0.408 e. The van der Waals surface area contributed by atoms with Gasteiger partial charge in [-0.2, -0.15) is 0 Å². The predicted molar refractivity (Wildman–Crippen MR) is 97.3 cm³/mol. The molecule has 0 radical (unpaired) electrons. The highest BCUT2D eigenvalue weighted by Crippen LogP contribution is 2.08. The van der Waals surface area contributed by atoms with Crippen LogP contribution in [0.5, 0.6) is 0 Å². The summed E-state index contributed by atoms with van der Waals surface area (Å²) in [6.07, 6.45) is -1.84. The molecule has 0 aromatic carbocycles. The third kappa shape index (κ3) is 14.3. The third-order valence-electron chi connectivity index (χ3n) is 2.75. The first-order valence-corrected chi connectivity index (χ1v) is 8.65. The van der Waals surface area contributed by atoms with Gasteiger partial charge in [0.1, 0.15) is 17.2 Å². The van der Waals surface area contributed by atoms with Crippen LogP contribution in [0.15, 0.2) is 0 Å². The molecule has 0 aliphatic rings. The first-order chi connectivity index (χ1) is 12.2. The van der Waals surface area contributed by atoms with Gasteiger partial charge in [0.05, 0.1) is 0 Å². The molecule has 0 spiro atoms. The molecule has 0 aromatic rings. The van der Waals surface area contributed by atoms with Gasteiger partial charge >= 0.3 is 18.2 Å². The SMILES string of the molecule is CC(C)(C)OC(=O)NCCNC(=O)[C@H](CCC(=O)O)NC(=O)OC(C)(C)C. The van der Waals surface area contributed by atoms with E-state index in [1.54, 1.807) is 41.5 Å². The summed E-state index contributed by atoms with van der Waals surface area (Å²) in [5.74, 6) is -1.67. The van der Waals surface area contributed by atoms with Crippen molar-refractivity contribution in [2.24, 2.45) is 0 Å². The number of ether oxygens (including phenoxy) is 2. The number of carboxylic acids is 1. The minimum absolute atomic E-state index is 0.0810. The Morgan fingerprint density at radius 1 is 0.852 bits per heavy atom. The van der Waals surface area contributed by atoms with Crippen molar-refractivity contribution >= 4 is 24.1 Å². The lowest BCUT2D eigenvalue weighted by Gasteiger charge is -2.23. The van der Waals surface area contributed by atoms with E-state index in [0.717, 1.165) is 0 Å². The van der Waals surface area contributed by atoms with E-state index in [4.69, 9.17) is 14.6 Å². The Morgan fingerprint density at radius 3 is 1.81 bits per heavy atom. The number of aliphatic carboxylic acids is 1. The van der Waals surface area contributed by atoms with Crippen LogP contribution in [0.1, 0.15) is 54.4 Å². The van der Waals surface area contributed by atoms with E-state index in [9.17, 15) is 19.2 Å². The van der Waals surface area contributed by atoms with E-state index in [1.807, 2.05) is 0 Å². The number of alkyl carbamates (subject to hydrolysis) is 2. The topological polar surface area (TPSA) is 143 Å². The van der Waals surface area contributed by atoms with Crippen LogP contribution >= 0.6 is 0 Å². The molecule has 0 bridgehead atoms. The van der Waals surface area contributed by atoms with Crippen molar-refractivity contribution < 1.29 is 33.8 Å². The van der Waals surface area contributed by atoms with Crippen LogP contribution < -0.4 is 16.0 Å². The molecule has 0 aliphatic heterocycles. The predicted octanol–water partition coefficient (Wildman–Crippen LogP) is 1.39. The summed E-state index contributed by atoms with van der Waals surface area (Å²) in [6.45, 7) is 10.4. The number of hydrogen-bond donors (Lipinski definition) is 4. The summed E-state index contributed by atoms with van der Waals surface area (Å²) in [6, 6.07) is -1.07. The van der Waals surface area contributed by atoms with Crippen molar-refractivity contribution in [3.63, 3.8) is 0 Å². The Balaban J connectivity index is 4.51. The Morgan fingerprint density at radius 2 is 1.33 bits per heavy atom. The van der Waals surface area contributed by atoms with Gasteiger partial charge < -0.3 is 30.5 Å². The Labute approximate surface area is 159 Å². The zero-order valence-corrected chi connectivity index (χ0v) is 16.8. The molecule has 0 rings (SSSR count). The van der Waals surface area contributed by atoms with Gasteiger partial charge in [-0.1, -0.05) is 0 Å². The monoisotopic (exact) mass is 389 g/mol. The van der Waals surface area contributed by atoms with E-state index >= 15 is 0 Å². The van der Waals surface area contributed by atoms with Gasteiger partial charge in [-0.25, -0.2) is 9.59 Å². The van der Waals surface area contributed by atoms with Crippen LogP contribution in [-0.4, -0.2) is 59.5 Å². The molecule has 0 aromatic heterocycles. The van der Waals surface area contributed by atoms with E-state index in [1.165, 1.54) is 0 Å². The molecule has 27 heavy (non-hydrogen) atoms. The van der Waals surface area contributed by atoms with Crippen molar-refractivity contribution in [1.29, 1.82) is 0 Å². The highest BCUT2D eigenvalue weighted by molar-refractivity contribution is 5.86. The minimum Gasteiger partial charge on any atom is -0.481 e. The largest absolute Gasteiger partial charge is 0.481 e. The second-order valence-electron chi connectivity index (χ2n) is 7.85. The first kappa shape index (κ1) is 24.5. The molecule has 0 saturated carbocycles. The highest BCUT2D eigenvalue weighted by Gasteiger charge is 2.25. The molecule has 0 aliphatic carbocycles. The zero-order valence-electron chi connectivity index (χ0n) is 16.8. The van der Waals surface area contributed by atoms with Gasteiger partial charge in [0.25, 0.3) is 0 Å². The second kappa shape index (κ2) is 10.6. The van der Waals surface area contributed by atoms with Crippen LogP contribution in [0.4, 0.5) is 9.59 Å². The fourth-order valence-electron chi connectivity index (χ4n) is 1.77. The fraction of sp³-hybridized carbons (Fsp3) is 0.765. The van der Waals surface area contributed by atoms with Crippen molar-refractivity contribution in [3.05, 3.63) is 0 Å². The Kier molecular flexibility index (Phi) is 9.60. The van der Waals surface area contributed by atoms with E-state index in [0.29, 0.717) is 0 Å². The van der Waals surface area contributed by atoms with Gasteiger partial charge in [-0.05, 0) is 48.0 Å². The lowest BCUT2D eigenvalue weighted by atomic mass is 10.1. The summed E-state index contributed by atoms with van der Waals surface area (Å²) >= 11 is 0. The van der Waals surface area contributed by atoms with E-state index < -0.39 is 41.3 Å². The molecule has 0 unspecified atom stereocenters. The molecule has 0 heterocycles. The minimum atomic E-state index is -1.09. The van der Waals surface area contributed by atoms with E-state index in [2.05, 4.69) is 16.0 Å². The third-order valence-corrected chi connectivity index (χ3v) is 2.75. The maximum atomic E-state index is 12.2. The number of carboxylic acid groups (broad SMARTS) is 1. The smallest absolute Gasteiger partial charge is 0.408 e. The van der Waals surface area contributed by atoms with Crippen molar-refractivity contribution in [1.82, 2.24) is 16.0 Å². The fourth-order valence-corrected chi connectivity index (χ4v) is 1.77. The van der Waals surface area contributed by atoms with Crippen LogP contribution in [-0.2, 0) is 19.1 Å². The van der Waals surface area contributed by atoms with Crippen LogP contribution in [0.25, 0.3) is 0 Å². The van der Waals surface area contributed by atoms with Crippen molar-refractivity contribution in [2.45, 2.75) is 71.6 Å². The molecule has 156 valence electrons. The quantitative estimate of drug-likeness (QED) is 0.459. The first-order valence-electron chi connectivity index (χ1n) is 8.65. The number of hydrogen-bond acceptors (Lipinski definition) is 6. The number of carbonyl (C=O) groups excluding carboxylic acids is 3. The standard InChI is InChI=1S/C17H31N3O7/c1-16(2,3)26-14(24)19-10-9-18-13(23)11(7-8-12(21)22)20-15(25)27-17(4,5)6/h11H,7-10H2,1-6H3,(H,18,23)(H,19,24)(H,20,25)(H,21,22)/t11-/m0/s1. The maximum absolute atomic E-state index is 12.2. The average Bonchev–Trinajstić information content (AvgIpc) is 2.43. The summed E-state index contributed by atoms with van der Waals surface area (Å²) in [7, 11) is 0. The second-order valence-corrected chi connectivity index (χ2v) is 7.85. The molecule has 0 saturated heterocycles. The molecule has 10 heteroatoms. The van der Waals surface area contributed by atoms with Crippen LogP contribution in [0, 0.1) is 0 Å². The van der Waals surface area contributed by atoms with Crippen molar-refractivity contribution in [3.8, 4) is 0 Å². The Bertz CT molecular complexity index is 536. The van der Waals surface area contributed by atoms with Crippen molar-refractivity contribution in [2.75, 3.05) is 13.1 Å². The van der Waals surface area contributed by atoms with E-state index in [-0.39, 0.29) is 25.9 Å². The summed E-state index contributed by atoms with van der Waals surface area (Å²) in [5.41, 5.74) is -1.39. The Hall–Kier alpha value is -2.52. The summed E-state index contributed by atoms with van der Waals surface area (Å²) < 4.78 is 10.1.